The predicted octanol–water partition coefficient (Wildman–Crippen LogP) is 2.33. The lowest BCUT2D eigenvalue weighted by atomic mass is 10.3. The van der Waals surface area contributed by atoms with E-state index in [4.69, 9.17) is 28.9 Å². The van der Waals surface area contributed by atoms with Gasteiger partial charge in [-0.05, 0) is 12.1 Å². The summed E-state index contributed by atoms with van der Waals surface area (Å²) in [5.74, 6) is 0.146. The Balaban J connectivity index is 2.58. The number of anilines is 2. The molecule has 6 nitrogen and oxygen atoms in total. The van der Waals surface area contributed by atoms with Crippen molar-refractivity contribution in [2.45, 2.75) is 0 Å². The standard InChI is InChI=1S/C9H7Cl2N5O/c10-5-2-1-3-6(11)7(5)16(8(12)17)9-13-4-14-15-9/h1-4H,(H2,12,17)(H,13,14,15). The Morgan fingerprint density at radius 2 is 2.00 bits per heavy atom. The molecule has 8 heteroatoms. The largest absolute Gasteiger partial charge is 0.351 e. The smallest absolute Gasteiger partial charge is 0.326 e. The van der Waals surface area contributed by atoms with Crippen LogP contribution in [0.1, 0.15) is 0 Å². The summed E-state index contributed by atoms with van der Waals surface area (Å²) in [5.41, 5.74) is 5.54. The van der Waals surface area contributed by atoms with Crippen LogP contribution in [0.5, 0.6) is 0 Å². The van der Waals surface area contributed by atoms with Gasteiger partial charge in [-0.2, -0.15) is 10.1 Å². The SMILES string of the molecule is NC(=O)N(c1ncn[nH]1)c1c(Cl)cccc1Cl. The van der Waals surface area contributed by atoms with Crippen LogP contribution in [0, 0.1) is 0 Å². The molecule has 1 aromatic carbocycles. The molecule has 0 fully saturated rings. The van der Waals surface area contributed by atoms with Crippen molar-refractivity contribution >= 4 is 40.9 Å². The molecule has 0 unspecified atom stereocenters. The Bertz CT molecular complexity index is 522. The van der Waals surface area contributed by atoms with E-state index in [9.17, 15) is 4.79 Å². The van der Waals surface area contributed by atoms with Crippen LogP contribution in [0.2, 0.25) is 10.0 Å². The van der Waals surface area contributed by atoms with Gasteiger partial charge < -0.3 is 5.73 Å². The molecular weight excluding hydrogens is 265 g/mol. The average molecular weight is 272 g/mol. The van der Waals surface area contributed by atoms with Gasteiger partial charge in [0.1, 0.15) is 6.33 Å². The van der Waals surface area contributed by atoms with Gasteiger partial charge in [0.25, 0.3) is 0 Å². The van der Waals surface area contributed by atoms with E-state index in [0.29, 0.717) is 0 Å². The molecule has 2 amide bonds. The number of hydrogen-bond donors (Lipinski definition) is 2. The van der Waals surface area contributed by atoms with Crippen molar-refractivity contribution in [3.63, 3.8) is 0 Å². The highest BCUT2D eigenvalue weighted by Gasteiger charge is 2.22. The number of amides is 2. The third kappa shape index (κ3) is 2.17. The number of benzene rings is 1. The van der Waals surface area contributed by atoms with Crippen LogP contribution in [0.4, 0.5) is 16.4 Å². The number of carbonyl (C=O) groups is 1. The van der Waals surface area contributed by atoms with Crippen LogP contribution >= 0.6 is 23.2 Å². The third-order valence-corrected chi connectivity index (χ3v) is 2.61. The van der Waals surface area contributed by atoms with Crippen molar-refractivity contribution in [3.8, 4) is 0 Å². The summed E-state index contributed by atoms with van der Waals surface area (Å²) < 4.78 is 0. The predicted molar refractivity (Wildman–Crippen MR) is 64.6 cm³/mol. The lowest BCUT2D eigenvalue weighted by molar-refractivity contribution is 0.256. The molecule has 1 heterocycles. The summed E-state index contributed by atoms with van der Waals surface area (Å²) in [7, 11) is 0. The summed E-state index contributed by atoms with van der Waals surface area (Å²) in [4.78, 5) is 16.3. The highest BCUT2D eigenvalue weighted by atomic mass is 35.5. The minimum absolute atomic E-state index is 0.146. The summed E-state index contributed by atoms with van der Waals surface area (Å²) in [5, 5.41) is 6.73. The van der Waals surface area contributed by atoms with E-state index in [0.717, 1.165) is 4.90 Å². The Morgan fingerprint density at radius 1 is 1.35 bits per heavy atom. The van der Waals surface area contributed by atoms with Crippen molar-refractivity contribution in [3.05, 3.63) is 34.6 Å². The highest BCUT2D eigenvalue weighted by molar-refractivity contribution is 6.40. The fraction of sp³-hybridized carbons (Fsp3) is 0. The summed E-state index contributed by atoms with van der Waals surface area (Å²) in [6.45, 7) is 0. The molecule has 0 aliphatic rings. The molecule has 3 N–H and O–H groups in total. The topological polar surface area (TPSA) is 87.9 Å². The number of primary amides is 1. The van der Waals surface area contributed by atoms with Crippen molar-refractivity contribution < 1.29 is 4.79 Å². The number of para-hydroxylation sites is 1. The quantitative estimate of drug-likeness (QED) is 0.879. The molecule has 0 radical (unpaired) electrons. The summed E-state index contributed by atoms with van der Waals surface area (Å²) in [6.07, 6.45) is 1.25. The van der Waals surface area contributed by atoms with Gasteiger partial charge in [-0.25, -0.2) is 14.8 Å². The lowest BCUT2D eigenvalue weighted by Crippen LogP contribution is -2.32. The zero-order chi connectivity index (χ0) is 12.4. The van der Waals surface area contributed by atoms with E-state index in [2.05, 4.69) is 15.2 Å². The fourth-order valence-corrected chi connectivity index (χ4v) is 1.90. The Labute approximate surface area is 106 Å². The second kappa shape index (κ2) is 4.60. The van der Waals surface area contributed by atoms with E-state index < -0.39 is 6.03 Å². The number of nitrogens with one attached hydrogen (secondary N) is 1. The number of halogens is 2. The highest BCUT2D eigenvalue weighted by Crippen LogP contribution is 2.36. The van der Waals surface area contributed by atoms with E-state index >= 15 is 0 Å². The zero-order valence-electron chi connectivity index (χ0n) is 8.39. The first-order valence-corrected chi connectivity index (χ1v) is 5.26. The van der Waals surface area contributed by atoms with Crippen LogP contribution in [0.15, 0.2) is 24.5 Å². The van der Waals surface area contributed by atoms with Gasteiger partial charge in [-0.3, -0.25) is 0 Å². The van der Waals surface area contributed by atoms with Gasteiger partial charge in [-0.1, -0.05) is 29.3 Å². The molecule has 0 saturated carbocycles. The summed E-state index contributed by atoms with van der Waals surface area (Å²) >= 11 is 12.0. The Hall–Kier alpha value is -1.79. The first-order valence-electron chi connectivity index (χ1n) is 4.50. The maximum atomic E-state index is 11.4. The van der Waals surface area contributed by atoms with E-state index in [1.54, 1.807) is 18.2 Å². The van der Waals surface area contributed by atoms with E-state index in [-0.39, 0.29) is 21.7 Å². The number of carbonyl (C=O) groups excluding carboxylic acids is 1. The third-order valence-electron chi connectivity index (χ3n) is 2.00. The van der Waals surface area contributed by atoms with Crippen molar-refractivity contribution in [2.24, 2.45) is 5.73 Å². The second-order valence-corrected chi connectivity index (χ2v) is 3.87. The van der Waals surface area contributed by atoms with E-state index in [1.165, 1.54) is 6.33 Å². The summed E-state index contributed by atoms with van der Waals surface area (Å²) in [6, 6.07) is 4.08. The van der Waals surface area contributed by atoms with Crippen LogP contribution in [-0.4, -0.2) is 21.2 Å². The van der Waals surface area contributed by atoms with Crippen molar-refractivity contribution in [2.75, 3.05) is 4.90 Å². The van der Waals surface area contributed by atoms with Crippen LogP contribution < -0.4 is 10.6 Å². The van der Waals surface area contributed by atoms with Gasteiger partial charge in [0.2, 0.25) is 5.95 Å². The van der Waals surface area contributed by atoms with Crippen LogP contribution in [-0.2, 0) is 0 Å². The monoisotopic (exact) mass is 271 g/mol. The number of hydrogen-bond acceptors (Lipinski definition) is 3. The molecule has 2 aromatic rings. The molecule has 88 valence electrons. The zero-order valence-corrected chi connectivity index (χ0v) is 9.90. The fourth-order valence-electron chi connectivity index (χ4n) is 1.33. The number of H-pyrrole nitrogens is 1. The molecule has 0 bridgehead atoms. The van der Waals surface area contributed by atoms with Gasteiger partial charge >= 0.3 is 6.03 Å². The molecule has 17 heavy (non-hydrogen) atoms. The minimum atomic E-state index is -0.767. The number of nitrogens with two attached hydrogens (primary N) is 1. The average Bonchev–Trinajstić information content (AvgIpc) is 2.76. The minimum Gasteiger partial charge on any atom is -0.351 e. The molecule has 0 aliphatic carbocycles. The second-order valence-electron chi connectivity index (χ2n) is 3.05. The molecule has 0 aliphatic heterocycles. The first kappa shape index (κ1) is 11.7. The van der Waals surface area contributed by atoms with Gasteiger partial charge in [-0.15, -0.1) is 0 Å². The van der Waals surface area contributed by atoms with Crippen LogP contribution in [0.3, 0.4) is 0 Å². The van der Waals surface area contributed by atoms with Crippen LogP contribution in [0.25, 0.3) is 0 Å². The Kier molecular flexibility index (Phi) is 3.16. The molecule has 0 atom stereocenters. The normalized spacial score (nSPS) is 10.2. The van der Waals surface area contributed by atoms with E-state index in [1.807, 2.05) is 0 Å². The molecule has 0 saturated heterocycles. The number of aromatic amines is 1. The molecule has 2 rings (SSSR count). The number of aromatic nitrogens is 3. The molecular formula is C9H7Cl2N5O. The van der Waals surface area contributed by atoms with Crippen molar-refractivity contribution in [1.29, 1.82) is 0 Å². The number of rotatable bonds is 2. The lowest BCUT2D eigenvalue weighted by Gasteiger charge is -2.19. The number of urea groups is 1. The number of nitrogens with zero attached hydrogens (tertiary/aromatic N) is 3. The van der Waals surface area contributed by atoms with Gasteiger partial charge in [0.15, 0.2) is 0 Å². The van der Waals surface area contributed by atoms with Crippen molar-refractivity contribution in [1.82, 2.24) is 15.2 Å². The van der Waals surface area contributed by atoms with Gasteiger partial charge in [0, 0.05) is 0 Å². The maximum absolute atomic E-state index is 11.4. The molecule has 1 aromatic heterocycles. The Morgan fingerprint density at radius 3 is 2.47 bits per heavy atom. The first-order chi connectivity index (χ1) is 8.11. The maximum Gasteiger partial charge on any atom is 0.326 e. The molecule has 0 spiro atoms. The van der Waals surface area contributed by atoms with Gasteiger partial charge in [0.05, 0.1) is 15.7 Å².